The van der Waals surface area contributed by atoms with Gasteiger partial charge >= 0.3 is 0 Å². The van der Waals surface area contributed by atoms with Gasteiger partial charge in [0, 0.05) is 12.2 Å². The Morgan fingerprint density at radius 1 is 1.19 bits per heavy atom. The zero-order chi connectivity index (χ0) is 17.9. The minimum Gasteiger partial charge on any atom is -0.497 e. The number of rotatable bonds is 7. The lowest BCUT2D eigenvalue weighted by molar-refractivity contribution is -0.134. The molecular formula is C20H21N3O3. The van der Waals surface area contributed by atoms with E-state index in [-0.39, 0.29) is 12.5 Å². The summed E-state index contributed by atoms with van der Waals surface area (Å²) in [5.41, 5.74) is 1.89. The third-order valence-electron chi connectivity index (χ3n) is 4.56. The van der Waals surface area contributed by atoms with Crippen LogP contribution in [0.25, 0.3) is 5.65 Å². The zero-order valence-electron chi connectivity index (χ0n) is 14.7. The molecule has 1 amide bonds. The number of aromatic nitrogens is 2. The third kappa shape index (κ3) is 3.49. The van der Waals surface area contributed by atoms with E-state index in [2.05, 4.69) is 4.98 Å². The van der Waals surface area contributed by atoms with E-state index in [1.807, 2.05) is 52.0 Å². The molecular weight excluding hydrogens is 330 g/mol. The first kappa shape index (κ1) is 16.4. The summed E-state index contributed by atoms with van der Waals surface area (Å²) in [5, 5.41) is 0. The van der Waals surface area contributed by atoms with Gasteiger partial charge in [0.2, 0.25) is 0 Å². The molecule has 1 aromatic carbocycles. The predicted octanol–water partition coefficient (Wildman–Crippen LogP) is 2.91. The normalized spacial score (nSPS) is 13.6. The Bertz CT molecular complexity index is 900. The van der Waals surface area contributed by atoms with Crippen LogP contribution in [0.2, 0.25) is 0 Å². The number of fused-ring (bicyclic) bond motifs is 1. The number of pyridine rings is 1. The average molecular weight is 351 g/mol. The van der Waals surface area contributed by atoms with Crippen molar-refractivity contribution in [1.29, 1.82) is 0 Å². The van der Waals surface area contributed by atoms with Gasteiger partial charge in [0.1, 0.15) is 17.1 Å². The number of carbonyl (C=O) groups is 1. The van der Waals surface area contributed by atoms with Crippen LogP contribution in [0, 0.1) is 0 Å². The molecule has 4 rings (SSSR count). The smallest absolute Gasteiger partial charge is 0.261 e. The van der Waals surface area contributed by atoms with E-state index in [4.69, 9.17) is 9.47 Å². The van der Waals surface area contributed by atoms with Crippen LogP contribution in [0.5, 0.6) is 11.5 Å². The standard InChI is InChI=1S/C20H21N3O3/c1-25-17-7-9-18(10-8-17)26-14-20(24)23(15-5-6-15)13-16-12-21-19-4-2-3-11-22(16)19/h2-4,7-12,15H,5-6,13-14H2,1H3. The van der Waals surface area contributed by atoms with Gasteiger partial charge in [-0.3, -0.25) is 4.79 Å². The Morgan fingerprint density at radius 2 is 1.96 bits per heavy atom. The Kier molecular flexibility index (Phi) is 4.48. The molecule has 1 aliphatic rings. The fraction of sp³-hybridized carbons (Fsp3) is 0.300. The zero-order valence-corrected chi connectivity index (χ0v) is 14.7. The molecule has 6 heteroatoms. The molecule has 1 aliphatic carbocycles. The summed E-state index contributed by atoms with van der Waals surface area (Å²) < 4.78 is 12.8. The summed E-state index contributed by atoms with van der Waals surface area (Å²) in [6.07, 6.45) is 5.90. The van der Waals surface area contributed by atoms with Gasteiger partial charge in [-0.15, -0.1) is 0 Å². The molecule has 0 unspecified atom stereocenters. The molecule has 26 heavy (non-hydrogen) atoms. The van der Waals surface area contributed by atoms with Crippen LogP contribution in [0.4, 0.5) is 0 Å². The van der Waals surface area contributed by atoms with Crippen LogP contribution in [0.15, 0.2) is 54.9 Å². The Morgan fingerprint density at radius 3 is 2.69 bits per heavy atom. The van der Waals surface area contributed by atoms with Crippen molar-refractivity contribution in [1.82, 2.24) is 14.3 Å². The van der Waals surface area contributed by atoms with E-state index in [0.29, 0.717) is 18.3 Å². The average Bonchev–Trinajstić information content (AvgIpc) is 3.45. The number of methoxy groups -OCH3 is 1. The van der Waals surface area contributed by atoms with Crippen LogP contribution in [0.1, 0.15) is 18.5 Å². The first-order valence-electron chi connectivity index (χ1n) is 8.72. The molecule has 134 valence electrons. The maximum absolute atomic E-state index is 12.7. The van der Waals surface area contributed by atoms with E-state index in [1.165, 1.54) is 0 Å². The molecule has 2 heterocycles. The molecule has 0 atom stereocenters. The molecule has 0 radical (unpaired) electrons. The van der Waals surface area contributed by atoms with E-state index in [1.54, 1.807) is 19.2 Å². The monoisotopic (exact) mass is 351 g/mol. The van der Waals surface area contributed by atoms with Gasteiger partial charge in [0.05, 0.1) is 25.5 Å². The summed E-state index contributed by atoms with van der Waals surface area (Å²) in [6.45, 7) is 0.570. The van der Waals surface area contributed by atoms with E-state index in [0.717, 1.165) is 29.9 Å². The lowest BCUT2D eigenvalue weighted by atomic mass is 10.3. The number of benzene rings is 1. The molecule has 0 saturated heterocycles. The summed E-state index contributed by atoms with van der Waals surface area (Å²) in [6, 6.07) is 13.4. The lowest BCUT2D eigenvalue weighted by Gasteiger charge is -2.22. The number of nitrogens with zero attached hydrogens (tertiary/aromatic N) is 3. The molecule has 2 aromatic heterocycles. The highest BCUT2D eigenvalue weighted by Gasteiger charge is 2.33. The molecule has 0 spiro atoms. The largest absolute Gasteiger partial charge is 0.497 e. The number of ether oxygens (including phenoxy) is 2. The molecule has 1 fully saturated rings. The second-order valence-corrected chi connectivity index (χ2v) is 6.40. The van der Waals surface area contributed by atoms with Crippen LogP contribution in [0.3, 0.4) is 0 Å². The predicted molar refractivity (Wildman–Crippen MR) is 97.3 cm³/mol. The van der Waals surface area contributed by atoms with E-state index >= 15 is 0 Å². The van der Waals surface area contributed by atoms with Crippen molar-refractivity contribution in [2.75, 3.05) is 13.7 Å². The Hall–Kier alpha value is -3.02. The SMILES string of the molecule is COc1ccc(OCC(=O)N(Cc2cnc3ccccn23)C2CC2)cc1. The quantitative estimate of drug-likeness (QED) is 0.657. The van der Waals surface area contributed by atoms with Crippen molar-refractivity contribution >= 4 is 11.6 Å². The minimum absolute atomic E-state index is 0.00537. The number of carbonyl (C=O) groups excluding carboxylic acids is 1. The van der Waals surface area contributed by atoms with Crippen LogP contribution < -0.4 is 9.47 Å². The van der Waals surface area contributed by atoms with Crippen molar-refractivity contribution in [3.63, 3.8) is 0 Å². The van der Waals surface area contributed by atoms with Crippen molar-refractivity contribution < 1.29 is 14.3 Å². The lowest BCUT2D eigenvalue weighted by Crippen LogP contribution is -2.36. The van der Waals surface area contributed by atoms with Crippen LogP contribution >= 0.6 is 0 Å². The van der Waals surface area contributed by atoms with Crippen LogP contribution in [-0.2, 0) is 11.3 Å². The fourth-order valence-corrected chi connectivity index (χ4v) is 2.98. The van der Waals surface area contributed by atoms with Gasteiger partial charge in [-0.2, -0.15) is 0 Å². The number of hydrogen-bond donors (Lipinski definition) is 0. The van der Waals surface area contributed by atoms with Crippen molar-refractivity contribution in [2.45, 2.75) is 25.4 Å². The highest BCUT2D eigenvalue weighted by atomic mass is 16.5. The molecule has 0 bridgehead atoms. The number of amides is 1. The maximum Gasteiger partial charge on any atom is 0.261 e. The number of hydrogen-bond acceptors (Lipinski definition) is 4. The van der Waals surface area contributed by atoms with E-state index < -0.39 is 0 Å². The second kappa shape index (κ2) is 7.07. The summed E-state index contributed by atoms with van der Waals surface area (Å²) in [4.78, 5) is 19.0. The Balaban J connectivity index is 1.43. The van der Waals surface area contributed by atoms with Gasteiger partial charge < -0.3 is 18.8 Å². The summed E-state index contributed by atoms with van der Waals surface area (Å²) in [5.74, 6) is 1.41. The fourth-order valence-electron chi connectivity index (χ4n) is 2.98. The van der Waals surface area contributed by atoms with Crippen LogP contribution in [-0.4, -0.2) is 40.0 Å². The minimum atomic E-state index is -0.00537. The highest BCUT2D eigenvalue weighted by molar-refractivity contribution is 5.78. The second-order valence-electron chi connectivity index (χ2n) is 6.40. The molecule has 3 aromatic rings. The summed E-state index contributed by atoms with van der Waals surface area (Å²) in [7, 11) is 1.62. The molecule has 1 saturated carbocycles. The van der Waals surface area contributed by atoms with Gasteiger partial charge in [-0.05, 0) is 49.2 Å². The number of imidazole rings is 1. The topological polar surface area (TPSA) is 56.1 Å². The molecule has 0 aliphatic heterocycles. The molecule has 6 nitrogen and oxygen atoms in total. The van der Waals surface area contributed by atoms with Gasteiger partial charge in [0.25, 0.3) is 5.91 Å². The molecule has 0 N–H and O–H groups in total. The Labute approximate surface area is 152 Å². The highest BCUT2D eigenvalue weighted by Crippen LogP contribution is 2.29. The van der Waals surface area contributed by atoms with E-state index in [9.17, 15) is 4.79 Å². The third-order valence-corrected chi connectivity index (χ3v) is 4.56. The van der Waals surface area contributed by atoms with Crippen molar-refractivity contribution in [2.24, 2.45) is 0 Å². The van der Waals surface area contributed by atoms with Crippen molar-refractivity contribution in [3.05, 3.63) is 60.6 Å². The maximum atomic E-state index is 12.7. The van der Waals surface area contributed by atoms with Crippen molar-refractivity contribution in [3.8, 4) is 11.5 Å². The van der Waals surface area contributed by atoms with Gasteiger partial charge in [-0.1, -0.05) is 6.07 Å². The van der Waals surface area contributed by atoms with Gasteiger partial charge in [0.15, 0.2) is 6.61 Å². The first-order chi connectivity index (χ1) is 12.7. The summed E-state index contributed by atoms with van der Waals surface area (Å²) >= 11 is 0. The van der Waals surface area contributed by atoms with Gasteiger partial charge in [-0.25, -0.2) is 4.98 Å². The first-order valence-corrected chi connectivity index (χ1v) is 8.72.